The van der Waals surface area contributed by atoms with Crippen LogP contribution in [0.15, 0.2) is 58.1 Å². The molecule has 3 aromatic rings. The maximum absolute atomic E-state index is 12.6. The maximum Gasteiger partial charge on any atom is 0.341 e. The van der Waals surface area contributed by atoms with E-state index in [1.54, 1.807) is 19.1 Å². The van der Waals surface area contributed by atoms with Gasteiger partial charge in [0.15, 0.2) is 6.10 Å². The van der Waals surface area contributed by atoms with Crippen molar-refractivity contribution < 1.29 is 22.7 Å². The van der Waals surface area contributed by atoms with Gasteiger partial charge in [-0.1, -0.05) is 18.2 Å². The number of hydrogen-bond donors (Lipinski definition) is 0. The Bertz CT molecular complexity index is 890. The minimum Gasteiger partial charge on any atom is -0.449 e. The van der Waals surface area contributed by atoms with Crippen molar-refractivity contribution in [1.29, 1.82) is 0 Å². The first-order valence-corrected chi connectivity index (χ1v) is 8.42. The first-order valence-electron chi connectivity index (χ1n) is 7.54. The minimum atomic E-state index is -2.70. The van der Waals surface area contributed by atoms with E-state index in [0.29, 0.717) is 5.89 Å². The van der Waals surface area contributed by atoms with Gasteiger partial charge in [0.25, 0.3) is 11.6 Å². The summed E-state index contributed by atoms with van der Waals surface area (Å²) in [5.74, 6) is -3.10. The smallest absolute Gasteiger partial charge is 0.341 e. The molecule has 9 heteroatoms. The summed E-state index contributed by atoms with van der Waals surface area (Å²) < 4.78 is 36.0. The molecule has 3 rings (SSSR count). The number of rotatable bonds is 6. The Hall–Kier alpha value is -2.81. The van der Waals surface area contributed by atoms with Gasteiger partial charge in [0.2, 0.25) is 5.89 Å². The van der Waals surface area contributed by atoms with Gasteiger partial charge >= 0.3 is 5.97 Å². The monoisotopic (exact) mass is 377 g/mol. The molecule has 0 saturated heterocycles. The van der Waals surface area contributed by atoms with Crippen LogP contribution < -0.4 is 0 Å². The number of esters is 1. The van der Waals surface area contributed by atoms with Gasteiger partial charge in [0.1, 0.15) is 5.03 Å². The van der Waals surface area contributed by atoms with Crippen molar-refractivity contribution in [3.8, 4) is 11.5 Å². The summed E-state index contributed by atoms with van der Waals surface area (Å²) in [6, 6.07) is 12.0. The second kappa shape index (κ2) is 8.05. The van der Waals surface area contributed by atoms with Crippen LogP contribution in [0.2, 0.25) is 0 Å². The van der Waals surface area contributed by atoms with Gasteiger partial charge < -0.3 is 9.15 Å². The van der Waals surface area contributed by atoms with Crippen molar-refractivity contribution in [2.75, 3.05) is 0 Å². The van der Waals surface area contributed by atoms with Gasteiger partial charge in [0.05, 0.1) is 5.56 Å². The first kappa shape index (κ1) is 18.0. The van der Waals surface area contributed by atoms with Gasteiger partial charge in [-0.15, -0.1) is 10.2 Å². The van der Waals surface area contributed by atoms with Crippen LogP contribution in [-0.2, 0) is 4.74 Å². The van der Waals surface area contributed by atoms with Crippen molar-refractivity contribution in [3.63, 3.8) is 0 Å². The molecule has 0 fully saturated rings. The van der Waals surface area contributed by atoms with Gasteiger partial charge in [-0.25, -0.2) is 9.78 Å². The average Bonchev–Trinajstić information content (AvgIpc) is 3.12. The number of alkyl halides is 2. The zero-order valence-corrected chi connectivity index (χ0v) is 14.3. The molecule has 0 aliphatic carbocycles. The summed E-state index contributed by atoms with van der Waals surface area (Å²) in [5, 5.41) is 7.69. The highest BCUT2D eigenvalue weighted by Crippen LogP contribution is 2.28. The van der Waals surface area contributed by atoms with Crippen LogP contribution in [0.25, 0.3) is 11.5 Å². The topological polar surface area (TPSA) is 78.1 Å². The van der Waals surface area contributed by atoms with Gasteiger partial charge in [-0.05, 0) is 43.0 Å². The predicted octanol–water partition coefficient (Wildman–Crippen LogP) is 4.36. The van der Waals surface area contributed by atoms with E-state index < -0.39 is 17.8 Å². The molecule has 1 atom stereocenters. The Morgan fingerprint density at radius 3 is 2.65 bits per heavy atom. The Morgan fingerprint density at radius 2 is 1.92 bits per heavy atom. The van der Waals surface area contributed by atoms with E-state index in [9.17, 15) is 13.6 Å². The van der Waals surface area contributed by atoms with E-state index in [-0.39, 0.29) is 28.2 Å². The van der Waals surface area contributed by atoms with Crippen molar-refractivity contribution in [1.82, 2.24) is 15.2 Å². The van der Waals surface area contributed by atoms with Crippen molar-refractivity contribution in [2.45, 2.75) is 23.8 Å². The zero-order chi connectivity index (χ0) is 18.5. The fraction of sp³-hybridized carbons (Fsp3) is 0.176. The highest BCUT2D eigenvalue weighted by atomic mass is 32.2. The highest BCUT2D eigenvalue weighted by molar-refractivity contribution is 7.99. The van der Waals surface area contributed by atoms with Crippen LogP contribution in [0.3, 0.4) is 0 Å². The standard InChI is InChI=1S/C17H13F2N3O3S/c1-10(13-21-22-14(25-13)11-6-3-2-4-7-11)24-16(23)12-8-5-9-20-15(12)26-17(18)19/h2-10,17H,1H3. The van der Waals surface area contributed by atoms with Crippen LogP contribution in [0, 0.1) is 0 Å². The van der Waals surface area contributed by atoms with E-state index in [0.717, 1.165) is 5.56 Å². The van der Waals surface area contributed by atoms with Crippen LogP contribution in [0.1, 0.15) is 29.3 Å². The van der Waals surface area contributed by atoms with E-state index in [2.05, 4.69) is 15.2 Å². The van der Waals surface area contributed by atoms with Crippen molar-refractivity contribution >= 4 is 17.7 Å². The number of halogens is 2. The number of carbonyl (C=O) groups is 1. The van der Waals surface area contributed by atoms with E-state index in [4.69, 9.17) is 9.15 Å². The third-order valence-corrected chi connectivity index (χ3v) is 4.01. The second-order valence-corrected chi connectivity index (χ2v) is 6.07. The second-order valence-electron chi connectivity index (χ2n) is 5.09. The first-order chi connectivity index (χ1) is 12.5. The lowest BCUT2D eigenvalue weighted by Crippen LogP contribution is -2.11. The number of pyridine rings is 1. The lowest BCUT2D eigenvalue weighted by molar-refractivity contribution is 0.0275. The number of thioether (sulfide) groups is 1. The number of nitrogens with zero attached hydrogens (tertiary/aromatic N) is 3. The lowest BCUT2D eigenvalue weighted by Gasteiger charge is -2.11. The fourth-order valence-electron chi connectivity index (χ4n) is 2.10. The van der Waals surface area contributed by atoms with E-state index in [1.165, 1.54) is 18.3 Å². The minimum absolute atomic E-state index is 0.0487. The quantitative estimate of drug-likeness (QED) is 0.466. The molecule has 0 spiro atoms. The van der Waals surface area contributed by atoms with Crippen molar-refractivity contribution in [3.05, 3.63) is 60.1 Å². The summed E-state index contributed by atoms with van der Waals surface area (Å²) in [5.41, 5.74) is 0.681. The number of carbonyl (C=O) groups excluding carboxylic acids is 1. The molecule has 0 aliphatic rings. The molecular weight excluding hydrogens is 364 g/mol. The fourth-order valence-corrected chi connectivity index (χ4v) is 2.66. The molecule has 2 aromatic heterocycles. The molecule has 26 heavy (non-hydrogen) atoms. The Balaban J connectivity index is 1.73. The summed E-state index contributed by atoms with van der Waals surface area (Å²) in [7, 11) is 0. The van der Waals surface area contributed by atoms with Crippen molar-refractivity contribution in [2.24, 2.45) is 0 Å². The molecule has 0 saturated carbocycles. The largest absolute Gasteiger partial charge is 0.449 e. The van der Waals surface area contributed by atoms with Crippen LogP contribution in [0.4, 0.5) is 8.78 Å². The van der Waals surface area contributed by atoms with E-state index in [1.807, 2.05) is 18.2 Å². The summed E-state index contributed by atoms with van der Waals surface area (Å²) in [6.07, 6.45) is 0.478. The van der Waals surface area contributed by atoms with Gasteiger partial charge in [0, 0.05) is 11.8 Å². The maximum atomic E-state index is 12.6. The number of aromatic nitrogens is 3. The van der Waals surface area contributed by atoms with Gasteiger partial charge in [-0.3, -0.25) is 0 Å². The number of hydrogen-bond acceptors (Lipinski definition) is 7. The molecule has 1 unspecified atom stereocenters. The third kappa shape index (κ3) is 4.23. The molecule has 0 bridgehead atoms. The molecule has 0 N–H and O–H groups in total. The Labute approximate surface area is 151 Å². The zero-order valence-electron chi connectivity index (χ0n) is 13.5. The van der Waals surface area contributed by atoms with Crippen LogP contribution in [-0.4, -0.2) is 26.9 Å². The molecule has 6 nitrogen and oxygen atoms in total. The molecule has 1 aromatic carbocycles. The predicted molar refractivity (Wildman–Crippen MR) is 89.7 cm³/mol. The van der Waals surface area contributed by atoms with Crippen LogP contribution >= 0.6 is 11.8 Å². The van der Waals surface area contributed by atoms with E-state index >= 15 is 0 Å². The lowest BCUT2D eigenvalue weighted by atomic mass is 10.2. The SMILES string of the molecule is CC(OC(=O)c1cccnc1SC(F)F)c1nnc(-c2ccccc2)o1. The normalized spacial score (nSPS) is 12.2. The molecular formula is C17H13F2N3O3S. The summed E-state index contributed by atoms with van der Waals surface area (Å²) in [4.78, 5) is 16.1. The summed E-state index contributed by atoms with van der Waals surface area (Å²) >= 11 is 0.181. The average molecular weight is 377 g/mol. The third-order valence-electron chi connectivity index (χ3n) is 3.28. The molecule has 0 aliphatic heterocycles. The molecule has 134 valence electrons. The number of benzene rings is 1. The molecule has 2 heterocycles. The summed E-state index contributed by atoms with van der Waals surface area (Å²) in [6.45, 7) is 1.55. The number of ether oxygens (including phenoxy) is 1. The highest BCUT2D eigenvalue weighted by Gasteiger charge is 2.23. The van der Waals surface area contributed by atoms with Gasteiger partial charge in [-0.2, -0.15) is 8.78 Å². The molecule has 0 amide bonds. The Morgan fingerprint density at radius 1 is 1.15 bits per heavy atom. The molecule has 0 radical (unpaired) electrons. The van der Waals surface area contributed by atoms with Crippen LogP contribution in [0.5, 0.6) is 0 Å². The Kier molecular flexibility index (Phi) is 5.57.